The Bertz CT molecular complexity index is 970. The van der Waals surface area contributed by atoms with Crippen LogP contribution in [0, 0.1) is 6.92 Å². The molecule has 0 saturated carbocycles. The van der Waals surface area contributed by atoms with E-state index in [9.17, 15) is 0 Å². The van der Waals surface area contributed by atoms with Crippen LogP contribution in [0.5, 0.6) is 0 Å². The van der Waals surface area contributed by atoms with E-state index < -0.39 is 0 Å². The van der Waals surface area contributed by atoms with Gasteiger partial charge >= 0.3 is 0 Å². The van der Waals surface area contributed by atoms with Gasteiger partial charge in [-0.2, -0.15) is 0 Å². The molecule has 146 valence electrons. The maximum Gasteiger partial charge on any atom is 0.191 e. The molecule has 2 N–H and O–H groups in total. The first-order valence-corrected chi connectivity index (χ1v) is 9.96. The number of nitrogens with zero attached hydrogens (tertiary/aromatic N) is 5. The molecule has 0 atom stereocenters. The summed E-state index contributed by atoms with van der Waals surface area (Å²) in [5, 5.41) is 0.763. The summed E-state index contributed by atoms with van der Waals surface area (Å²) < 4.78 is 2.06. The fourth-order valence-corrected chi connectivity index (χ4v) is 3.68. The molecule has 1 aromatic carbocycles. The molecule has 3 heterocycles. The lowest BCUT2D eigenvalue weighted by Gasteiger charge is -2.36. The number of piperazine rings is 1. The van der Waals surface area contributed by atoms with Crippen LogP contribution < -0.4 is 10.6 Å². The normalized spacial score (nSPS) is 15.4. The van der Waals surface area contributed by atoms with Gasteiger partial charge in [0.2, 0.25) is 0 Å². The van der Waals surface area contributed by atoms with Crippen molar-refractivity contribution in [3.05, 3.63) is 65.1 Å². The van der Waals surface area contributed by atoms with Crippen LogP contribution in [0.4, 0.5) is 5.69 Å². The third-order valence-electron chi connectivity index (χ3n) is 5.16. The first-order valence-electron chi connectivity index (χ1n) is 9.59. The van der Waals surface area contributed by atoms with Gasteiger partial charge in [0, 0.05) is 62.2 Å². The number of imidazole rings is 1. The van der Waals surface area contributed by atoms with Crippen molar-refractivity contribution in [1.29, 1.82) is 0 Å². The predicted octanol–water partition coefficient (Wildman–Crippen LogP) is 2.98. The summed E-state index contributed by atoms with van der Waals surface area (Å²) in [7, 11) is 0. The minimum Gasteiger partial charge on any atom is -0.370 e. The second-order valence-corrected chi connectivity index (χ2v) is 7.53. The molecule has 0 unspecified atom stereocenters. The number of hydrogen-bond acceptors (Lipinski definition) is 3. The number of fused-ring (bicyclic) bond motifs is 1. The van der Waals surface area contributed by atoms with Gasteiger partial charge in [0.1, 0.15) is 5.65 Å². The van der Waals surface area contributed by atoms with Crippen LogP contribution in [0.25, 0.3) is 5.65 Å². The number of benzene rings is 1. The maximum absolute atomic E-state index is 6.23. The lowest BCUT2D eigenvalue weighted by molar-refractivity contribution is 0.381. The van der Waals surface area contributed by atoms with E-state index in [-0.39, 0.29) is 0 Å². The highest BCUT2D eigenvalue weighted by Crippen LogP contribution is 2.19. The number of aryl methyl sites for hydroxylation is 1. The number of halogens is 1. The molecule has 1 aliphatic heterocycles. The van der Waals surface area contributed by atoms with Gasteiger partial charge in [0.15, 0.2) is 5.96 Å². The summed E-state index contributed by atoms with van der Waals surface area (Å²) in [5.41, 5.74) is 10.6. The number of rotatable bonds is 4. The van der Waals surface area contributed by atoms with Crippen molar-refractivity contribution in [1.82, 2.24) is 14.3 Å². The van der Waals surface area contributed by atoms with Crippen LogP contribution in [0.2, 0.25) is 5.02 Å². The Morgan fingerprint density at radius 2 is 1.89 bits per heavy atom. The number of aliphatic imine (C=N–C) groups is 1. The highest BCUT2D eigenvalue weighted by atomic mass is 35.5. The summed E-state index contributed by atoms with van der Waals surface area (Å²) >= 11 is 5.97. The van der Waals surface area contributed by atoms with Gasteiger partial charge in [-0.15, -0.1) is 0 Å². The van der Waals surface area contributed by atoms with E-state index in [1.807, 2.05) is 24.4 Å². The molecule has 0 amide bonds. The van der Waals surface area contributed by atoms with E-state index in [0.29, 0.717) is 12.5 Å². The molecule has 1 fully saturated rings. The summed E-state index contributed by atoms with van der Waals surface area (Å²) in [4.78, 5) is 13.8. The number of pyridine rings is 1. The van der Waals surface area contributed by atoms with Crippen LogP contribution in [0.15, 0.2) is 53.8 Å². The minimum atomic E-state index is 0.621. The van der Waals surface area contributed by atoms with Crippen molar-refractivity contribution < 1.29 is 0 Å². The van der Waals surface area contributed by atoms with Gasteiger partial charge in [-0.05, 0) is 42.8 Å². The molecule has 1 saturated heterocycles. The largest absolute Gasteiger partial charge is 0.370 e. The van der Waals surface area contributed by atoms with Crippen molar-refractivity contribution in [2.75, 3.05) is 37.6 Å². The minimum absolute atomic E-state index is 0.621. The highest BCUT2D eigenvalue weighted by Gasteiger charge is 2.18. The van der Waals surface area contributed by atoms with Crippen molar-refractivity contribution in [3.63, 3.8) is 0 Å². The topological polar surface area (TPSA) is 62.2 Å². The Hall–Kier alpha value is -2.73. The van der Waals surface area contributed by atoms with Gasteiger partial charge in [0.05, 0.1) is 5.69 Å². The first kappa shape index (κ1) is 18.6. The molecule has 0 bridgehead atoms. The van der Waals surface area contributed by atoms with E-state index in [1.165, 1.54) is 11.3 Å². The molecule has 4 rings (SSSR count). The monoisotopic (exact) mass is 396 g/mol. The zero-order valence-electron chi connectivity index (χ0n) is 16.1. The van der Waals surface area contributed by atoms with Gasteiger partial charge < -0.3 is 19.9 Å². The summed E-state index contributed by atoms with van der Waals surface area (Å²) in [5.74, 6) is 0.621. The summed E-state index contributed by atoms with van der Waals surface area (Å²) in [6, 6.07) is 12.1. The van der Waals surface area contributed by atoms with Crippen LogP contribution in [-0.2, 0) is 6.42 Å². The van der Waals surface area contributed by atoms with Gasteiger partial charge in [-0.25, -0.2) is 4.98 Å². The molecule has 0 aliphatic carbocycles. The second-order valence-electron chi connectivity index (χ2n) is 7.09. The third-order valence-corrected chi connectivity index (χ3v) is 5.42. The molecule has 6 nitrogen and oxygen atoms in total. The van der Waals surface area contributed by atoms with Crippen LogP contribution >= 0.6 is 11.6 Å². The van der Waals surface area contributed by atoms with E-state index in [4.69, 9.17) is 22.3 Å². The van der Waals surface area contributed by atoms with Gasteiger partial charge in [-0.3, -0.25) is 4.99 Å². The molecular weight excluding hydrogens is 372 g/mol. The van der Waals surface area contributed by atoms with Gasteiger partial charge in [-0.1, -0.05) is 17.7 Å². The van der Waals surface area contributed by atoms with E-state index in [2.05, 4.69) is 50.5 Å². The smallest absolute Gasteiger partial charge is 0.191 e. The Balaban J connectivity index is 1.30. The zero-order chi connectivity index (χ0) is 19.5. The lowest BCUT2D eigenvalue weighted by atomic mass is 10.2. The predicted molar refractivity (Wildman–Crippen MR) is 115 cm³/mol. The standard InChI is InChI=1S/C21H25ClN6/c1-16-3-2-10-28-15-18(25-20(16)28)8-9-24-21(23)27-13-11-26(12-14-27)19-6-4-17(22)5-7-19/h2-7,10,15H,8-9,11-14H2,1H3,(H2,23,24). The first-order chi connectivity index (χ1) is 13.6. The number of anilines is 1. The third kappa shape index (κ3) is 4.07. The summed E-state index contributed by atoms with van der Waals surface area (Å²) in [6.45, 7) is 6.29. The van der Waals surface area contributed by atoms with Crippen LogP contribution in [0.1, 0.15) is 11.3 Å². The molecule has 0 spiro atoms. The molecule has 7 heteroatoms. The molecular formula is C21H25ClN6. The van der Waals surface area contributed by atoms with Crippen LogP contribution in [0.3, 0.4) is 0 Å². The average molecular weight is 397 g/mol. The second kappa shape index (κ2) is 8.10. The molecule has 3 aromatic rings. The maximum atomic E-state index is 6.23. The van der Waals surface area contributed by atoms with Crippen molar-refractivity contribution >= 4 is 28.9 Å². The zero-order valence-corrected chi connectivity index (χ0v) is 16.8. The van der Waals surface area contributed by atoms with E-state index in [0.717, 1.165) is 49.0 Å². The van der Waals surface area contributed by atoms with Crippen molar-refractivity contribution in [2.24, 2.45) is 10.7 Å². The average Bonchev–Trinajstić information content (AvgIpc) is 3.13. The Morgan fingerprint density at radius 3 is 2.61 bits per heavy atom. The fourth-order valence-electron chi connectivity index (χ4n) is 3.56. The number of hydrogen-bond donors (Lipinski definition) is 1. The SMILES string of the molecule is Cc1cccn2cc(CCN=C(N)N3CCN(c4ccc(Cl)cc4)CC3)nc12. The number of guanidine groups is 1. The quantitative estimate of drug-likeness (QED) is 0.544. The lowest BCUT2D eigenvalue weighted by Crippen LogP contribution is -2.51. The Morgan fingerprint density at radius 1 is 1.14 bits per heavy atom. The van der Waals surface area contributed by atoms with E-state index >= 15 is 0 Å². The summed E-state index contributed by atoms with van der Waals surface area (Å²) in [6.07, 6.45) is 4.88. The molecule has 0 radical (unpaired) electrons. The fraction of sp³-hybridized carbons (Fsp3) is 0.333. The van der Waals surface area contributed by atoms with E-state index in [1.54, 1.807) is 0 Å². The van der Waals surface area contributed by atoms with Gasteiger partial charge in [0.25, 0.3) is 0 Å². The number of aromatic nitrogens is 2. The molecule has 28 heavy (non-hydrogen) atoms. The Labute approximate surface area is 170 Å². The molecule has 1 aliphatic rings. The van der Waals surface area contributed by atoms with Crippen LogP contribution in [-0.4, -0.2) is 53.0 Å². The highest BCUT2D eigenvalue weighted by molar-refractivity contribution is 6.30. The number of nitrogens with two attached hydrogens (primary N) is 1. The Kier molecular flexibility index (Phi) is 5.39. The van der Waals surface area contributed by atoms with Crippen molar-refractivity contribution in [3.8, 4) is 0 Å². The molecule has 2 aromatic heterocycles. The van der Waals surface area contributed by atoms with Crippen molar-refractivity contribution in [2.45, 2.75) is 13.3 Å².